The number of rotatable bonds is 3. The van der Waals surface area contributed by atoms with Crippen LogP contribution in [-0.4, -0.2) is 30.6 Å². The van der Waals surface area contributed by atoms with E-state index in [9.17, 15) is 4.79 Å². The van der Waals surface area contributed by atoms with Gasteiger partial charge in [0.05, 0.1) is 11.3 Å². The Kier molecular flexibility index (Phi) is 3.28. The lowest BCUT2D eigenvalue weighted by Gasteiger charge is -2.06. The maximum absolute atomic E-state index is 11.0. The first-order valence-corrected chi connectivity index (χ1v) is 7.30. The summed E-state index contributed by atoms with van der Waals surface area (Å²) < 4.78 is 1.84. The molecule has 0 fully saturated rings. The summed E-state index contributed by atoms with van der Waals surface area (Å²) in [5, 5.41) is 9.00. The maximum Gasteiger partial charge on any atom is 0.335 e. The summed E-state index contributed by atoms with van der Waals surface area (Å²) in [4.78, 5) is 24.0. The van der Waals surface area contributed by atoms with Crippen molar-refractivity contribution in [3.63, 3.8) is 0 Å². The summed E-state index contributed by atoms with van der Waals surface area (Å²) >= 11 is 0. The molecule has 0 saturated heterocycles. The highest BCUT2D eigenvalue weighted by Gasteiger charge is 2.09. The van der Waals surface area contributed by atoms with Gasteiger partial charge in [0.1, 0.15) is 11.8 Å². The second-order valence-electron chi connectivity index (χ2n) is 5.24. The maximum atomic E-state index is 11.0. The first kappa shape index (κ1) is 14.1. The SMILES string of the molecule is O=C(O)c1ccc(-n2cnc3ccc(-c4ccncc4)nc32)cc1. The lowest BCUT2D eigenvalue weighted by molar-refractivity contribution is 0.0697. The average Bonchev–Trinajstić information content (AvgIpc) is 3.05. The zero-order chi connectivity index (χ0) is 16.5. The molecule has 3 heterocycles. The quantitative estimate of drug-likeness (QED) is 0.628. The van der Waals surface area contributed by atoms with E-state index < -0.39 is 5.97 Å². The molecule has 0 amide bonds. The first-order valence-electron chi connectivity index (χ1n) is 7.30. The van der Waals surface area contributed by atoms with Crippen LogP contribution in [0, 0.1) is 0 Å². The predicted molar refractivity (Wildman–Crippen MR) is 89.1 cm³/mol. The Hall–Kier alpha value is -3.54. The molecule has 4 aromatic rings. The molecule has 1 aromatic carbocycles. The molecule has 0 radical (unpaired) electrons. The molecule has 0 bridgehead atoms. The largest absolute Gasteiger partial charge is 0.478 e. The van der Waals surface area contributed by atoms with E-state index in [1.807, 2.05) is 28.8 Å². The van der Waals surface area contributed by atoms with Crippen molar-refractivity contribution in [2.75, 3.05) is 0 Å². The summed E-state index contributed by atoms with van der Waals surface area (Å²) in [7, 11) is 0. The van der Waals surface area contributed by atoms with Crippen LogP contribution in [0.5, 0.6) is 0 Å². The third-order valence-corrected chi connectivity index (χ3v) is 3.76. The van der Waals surface area contributed by atoms with Gasteiger partial charge in [-0.05, 0) is 48.5 Å². The Morgan fingerprint density at radius 2 is 1.71 bits per heavy atom. The van der Waals surface area contributed by atoms with Crippen molar-refractivity contribution in [3.8, 4) is 16.9 Å². The Morgan fingerprint density at radius 1 is 0.958 bits per heavy atom. The van der Waals surface area contributed by atoms with Gasteiger partial charge in [-0.2, -0.15) is 0 Å². The number of carboxylic acids is 1. The van der Waals surface area contributed by atoms with Crippen LogP contribution < -0.4 is 0 Å². The summed E-state index contributed by atoms with van der Waals surface area (Å²) in [6.45, 7) is 0. The molecule has 0 atom stereocenters. The number of benzene rings is 1. The summed E-state index contributed by atoms with van der Waals surface area (Å²) in [6, 6.07) is 14.2. The van der Waals surface area contributed by atoms with Gasteiger partial charge in [-0.15, -0.1) is 0 Å². The average molecular weight is 316 g/mol. The third-order valence-electron chi connectivity index (χ3n) is 3.76. The number of carboxylic acid groups (broad SMARTS) is 1. The Balaban J connectivity index is 1.83. The van der Waals surface area contributed by atoms with E-state index in [1.54, 1.807) is 43.0 Å². The highest BCUT2D eigenvalue weighted by atomic mass is 16.4. The molecular formula is C18H12N4O2. The summed E-state index contributed by atoms with van der Waals surface area (Å²) in [5.74, 6) is -0.949. The molecule has 0 spiro atoms. The molecule has 6 nitrogen and oxygen atoms in total. The molecule has 1 N–H and O–H groups in total. The Bertz CT molecular complexity index is 1020. The van der Waals surface area contributed by atoms with Gasteiger partial charge >= 0.3 is 5.97 Å². The van der Waals surface area contributed by atoms with Crippen molar-refractivity contribution in [1.29, 1.82) is 0 Å². The van der Waals surface area contributed by atoms with Gasteiger partial charge in [0, 0.05) is 23.6 Å². The molecule has 116 valence electrons. The lowest BCUT2D eigenvalue weighted by atomic mass is 10.2. The smallest absolute Gasteiger partial charge is 0.335 e. The van der Waals surface area contributed by atoms with Gasteiger partial charge in [0.2, 0.25) is 0 Å². The van der Waals surface area contributed by atoms with Crippen molar-refractivity contribution >= 4 is 17.1 Å². The van der Waals surface area contributed by atoms with Crippen molar-refractivity contribution in [2.45, 2.75) is 0 Å². The van der Waals surface area contributed by atoms with Crippen LogP contribution in [0.4, 0.5) is 0 Å². The minimum Gasteiger partial charge on any atom is -0.478 e. The Labute approximate surface area is 137 Å². The van der Waals surface area contributed by atoms with Crippen molar-refractivity contribution in [1.82, 2.24) is 19.5 Å². The lowest BCUT2D eigenvalue weighted by Crippen LogP contribution is -1.98. The molecule has 6 heteroatoms. The van der Waals surface area contributed by atoms with Gasteiger partial charge in [-0.3, -0.25) is 9.55 Å². The fraction of sp³-hybridized carbons (Fsp3) is 0. The molecule has 3 aromatic heterocycles. The van der Waals surface area contributed by atoms with E-state index in [0.29, 0.717) is 5.65 Å². The number of fused-ring (bicyclic) bond motifs is 1. The van der Waals surface area contributed by atoms with Crippen LogP contribution >= 0.6 is 0 Å². The highest BCUT2D eigenvalue weighted by Crippen LogP contribution is 2.22. The molecule has 0 aliphatic heterocycles. The third kappa shape index (κ3) is 2.40. The van der Waals surface area contributed by atoms with E-state index in [4.69, 9.17) is 10.1 Å². The van der Waals surface area contributed by atoms with Crippen molar-refractivity contribution in [3.05, 3.63) is 72.8 Å². The molecule has 0 aliphatic rings. The fourth-order valence-corrected chi connectivity index (χ4v) is 2.53. The Morgan fingerprint density at radius 3 is 2.42 bits per heavy atom. The van der Waals surface area contributed by atoms with Gasteiger partial charge in [-0.25, -0.2) is 14.8 Å². The second-order valence-corrected chi connectivity index (χ2v) is 5.24. The molecule has 4 rings (SSSR count). The minimum atomic E-state index is -0.949. The summed E-state index contributed by atoms with van der Waals surface area (Å²) in [5.41, 5.74) is 4.34. The number of hydrogen-bond acceptors (Lipinski definition) is 4. The predicted octanol–water partition coefficient (Wildman–Crippen LogP) is 3.18. The second kappa shape index (κ2) is 5.58. The fourth-order valence-electron chi connectivity index (χ4n) is 2.53. The van der Waals surface area contributed by atoms with Crippen LogP contribution in [0.15, 0.2) is 67.3 Å². The van der Waals surface area contributed by atoms with Crippen LogP contribution in [0.1, 0.15) is 10.4 Å². The molecule has 24 heavy (non-hydrogen) atoms. The zero-order valence-electron chi connectivity index (χ0n) is 12.5. The van der Waals surface area contributed by atoms with Gasteiger partial charge in [0.15, 0.2) is 5.65 Å². The number of pyridine rings is 2. The molecular weight excluding hydrogens is 304 g/mol. The monoisotopic (exact) mass is 316 g/mol. The number of nitrogens with zero attached hydrogens (tertiary/aromatic N) is 4. The first-order chi connectivity index (χ1) is 11.7. The van der Waals surface area contributed by atoms with Crippen molar-refractivity contribution < 1.29 is 9.90 Å². The van der Waals surface area contributed by atoms with Crippen LogP contribution in [0.2, 0.25) is 0 Å². The van der Waals surface area contributed by atoms with Crippen molar-refractivity contribution in [2.24, 2.45) is 0 Å². The van der Waals surface area contributed by atoms with Crippen LogP contribution in [-0.2, 0) is 0 Å². The van der Waals surface area contributed by atoms with E-state index >= 15 is 0 Å². The topological polar surface area (TPSA) is 80.9 Å². The number of carbonyl (C=O) groups is 1. The van der Waals surface area contributed by atoms with Crippen LogP contribution in [0.25, 0.3) is 28.1 Å². The van der Waals surface area contributed by atoms with E-state index in [2.05, 4.69) is 9.97 Å². The van der Waals surface area contributed by atoms with E-state index in [1.165, 1.54) is 0 Å². The van der Waals surface area contributed by atoms with Gasteiger partial charge in [0.25, 0.3) is 0 Å². The van der Waals surface area contributed by atoms with Gasteiger partial charge in [-0.1, -0.05) is 0 Å². The summed E-state index contributed by atoms with van der Waals surface area (Å²) in [6.07, 6.45) is 5.13. The molecule has 0 aliphatic carbocycles. The highest BCUT2D eigenvalue weighted by molar-refractivity contribution is 5.88. The normalized spacial score (nSPS) is 10.8. The molecule has 0 unspecified atom stereocenters. The minimum absolute atomic E-state index is 0.244. The number of aromatic nitrogens is 4. The number of aromatic carboxylic acids is 1. The van der Waals surface area contributed by atoms with Crippen LogP contribution in [0.3, 0.4) is 0 Å². The van der Waals surface area contributed by atoms with E-state index in [0.717, 1.165) is 22.5 Å². The van der Waals surface area contributed by atoms with Gasteiger partial charge < -0.3 is 5.11 Å². The molecule has 0 saturated carbocycles. The number of imidazole rings is 1. The number of hydrogen-bond donors (Lipinski definition) is 1. The standard InChI is InChI=1S/C18H12N4O2/c23-18(24)13-1-3-14(4-2-13)22-11-20-16-6-5-15(21-17(16)22)12-7-9-19-10-8-12/h1-11H,(H,23,24). The zero-order valence-corrected chi connectivity index (χ0v) is 12.5. The van der Waals surface area contributed by atoms with E-state index in [-0.39, 0.29) is 5.56 Å².